The lowest BCUT2D eigenvalue weighted by atomic mass is 9.78. The van der Waals surface area contributed by atoms with Crippen molar-refractivity contribution in [3.8, 4) is 11.8 Å². The van der Waals surface area contributed by atoms with Gasteiger partial charge in [-0.3, -0.25) is 0 Å². The number of nitrogens with zero attached hydrogens (tertiary/aromatic N) is 2. The largest absolute Gasteiger partial charge is 0.507 e. The van der Waals surface area contributed by atoms with Crippen molar-refractivity contribution in [3.05, 3.63) is 45.3 Å². The second-order valence-electron chi connectivity index (χ2n) is 8.83. The Hall–Kier alpha value is -2.19. The molecule has 0 radical (unpaired) electrons. The van der Waals surface area contributed by atoms with Gasteiger partial charge in [0.05, 0.1) is 6.07 Å². The first-order valence-corrected chi connectivity index (χ1v) is 9.88. The van der Waals surface area contributed by atoms with Crippen LogP contribution in [0.5, 0.6) is 5.75 Å². The Bertz CT molecular complexity index is 785. The first-order chi connectivity index (χ1) is 12.5. The van der Waals surface area contributed by atoms with Gasteiger partial charge in [-0.05, 0) is 40.0 Å². The van der Waals surface area contributed by atoms with Gasteiger partial charge in [0.2, 0.25) is 0 Å². The SMILES string of the molecule is CC(C)(C)c1cc(C=C2SC=CN(CC#N)C2C=O)cc(C(C)(C)C)c1O. The summed E-state index contributed by atoms with van der Waals surface area (Å²) in [6.45, 7) is 12.6. The van der Waals surface area contributed by atoms with Crippen molar-refractivity contribution in [2.45, 2.75) is 58.4 Å². The predicted octanol–water partition coefficient (Wildman–Crippen LogP) is 4.94. The van der Waals surface area contributed by atoms with Crippen LogP contribution in [0.1, 0.15) is 58.2 Å². The number of aromatic hydroxyl groups is 1. The van der Waals surface area contributed by atoms with Crippen molar-refractivity contribution in [1.29, 1.82) is 5.26 Å². The minimum Gasteiger partial charge on any atom is -0.507 e. The molecule has 0 saturated carbocycles. The molecule has 2 rings (SSSR count). The van der Waals surface area contributed by atoms with Crippen LogP contribution < -0.4 is 0 Å². The van der Waals surface area contributed by atoms with E-state index >= 15 is 0 Å². The monoisotopic (exact) mass is 384 g/mol. The van der Waals surface area contributed by atoms with E-state index in [1.807, 2.05) is 23.6 Å². The molecule has 0 amide bonds. The van der Waals surface area contributed by atoms with Crippen LogP contribution in [0.2, 0.25) is 0 Å². The number of phenolic OH excluding ortho intramolecular Hbond substituents is 1. The van der Waals surface area contributed by atoms with Crippen molar-refractivity contribution in [3.63, 3.8) is 0 Å². The van der Waals surface area contributed by atoms with E-state index in [0.29, 0.717) is 5.75 Å². The predicted molar refractivity (Wildman–Crippen MR) is 112 cm³/mol. The minimum absolute atomic E-state index is 0.161. The highest BCUT2D eigenvalue weighted by Gasteiger charge is 2.27. The van der Waals surface area contributed by atoms with E-state index in [1.54, 1.807) is 11.1 Å². The Morgan fingerprint density at radius 2 is 1.74 bits per heavy atom. The summed E-state index contributed by atoms with van der Waals surface area (Å²) in [5, 5.41) is 21.7. The van der Waals surface area contributed by atoms with Crippen LogP contribution in [-0.2, 0) is 15.6 Å². The summed E-state index contributed by atoms with van der Waals surface area (Å²) in [4.78, 5) is 14.3. The van der Waals surface area contributed by atoms with Gasteiger partial charge >= 0.3 is 0 Å². The van der Waals surface area contributed by atoms with E-state index in [4.69, 9.17) is 5.26 Å². The summed E-state index contributed by atoms with van der Waals surface area (Å²) >= 11 is 1.49. The molecule has 1 heterocycles. The van der Waals surface area contributed by atoms with Gasteiger partial charge in [-0.2, -0.15) is 5.26 Å². The van der Waals surface area contributed by atoms with Crippen LogP contribution in [0, 0.1) is 11.3 Å². The first-order valence-electron chi connectivity index (χ1n) is 9.00. The summed E-state index contributed by atoms with van der Waals surface area (Å²) in [7, 11) is 0. The second kappa shape index (κ2) is 7.82. The lowest BCUT2D eigenvalue weighted by molar-refractivity contribution is -0.110. The fourth-order valence-corrected chi connectivity index (χ4v) is 3.97. The first kappa shape index (κ1) is 21.1. The maximum absolute atomic E-state index is 11.7. The molecule has 27 heavy (non-hydrogen) atoms. The van der Waals surface area contributed by atoms with Gasteiger partial charge in [0.1, 0.15) is 24.6 Å². The van der Waals surface area contributed by atoms with Crippen LogP contribution in [0.3, 0.4) is 0 Å². The van der Waals surface area contributed by atoms with Gasteiger partial charge in [-0.1, -0.05) is 53.3 Å². The van der Waals surface area contributed by atoms with Gasteiger partial charge < -0.3 is 14.8 Å². The Balaban J connectivity index is 2.61. The maximum atomic E-state index is 11.7. The van der Waals surface area contributed by atoms with Crippen LogP contribution in [0.25, 0.3) is 6.08 Å². The minimum atomic E-state index is -0.468. The number of carbonyl (C=O) groups excluding carboxylic acids is 1. The summed E-state index contributed by atoms with van der Waals surface area (Å²) < 4.78 is 0. The van der Waals surface area contributed by atoms with E-state index in [9.17, 15) is 9.90 Å². The van der Waals surface area contributed by atoms with E-state index in [2.05, 4.69) is 47.6 Å². The molecule has 144 valence electrons. The number of thioether (sulfide) groups is 1. The van der Waals surface area contributed by atoms with E-state index < -0.39 is 6.04 Å². The van der Waals surface area contributed by atoms with E-state index in [-0.39, 0.29) is 17.4 Å². The molecule has 0 aromatic heterocycles. The molecule has 0 saturated heterocycles. The molecule has 1 aliphatic heterocycles. The molecule has 5 heteroatoms. The number of hydrogen-bond donors (Lipinski definition) is 1. The third kappa shape index (κ3) is 4.75. The lowest BCUT2D eigenvalue weighted by Crippen LogP contribution is -2.34. The maximum Gasteiger partial charge on any atom is 0.147 e. The molecule has 1 aromatic carbocycles. The Kier molecular flexibility index (Phi) is 6.11. The molecule has 0 aliphatic carbocycles. The number of aldehydes is 1. The standard InChI is InChI=1S/C22H28N2O2S/c1-21(2,3)16-11-15(12-17(20(16)26)22(4,5)6)13-19-18(14-25)24(8-7-23)9-10-27-19/h9-14,18,26H,8H2,1-6H3. The number of phenols is 1. The van der Waals surface area contributed by atoms with Crippen LogP contribution in [0.15, 0.2) is 28.6 Å². The zero-order chi connectivity index (χ0) is 20.4. The molecule has 0 bridgehead atoms. The number of carbonyl (C=O) groups is 1. The van der Waals surface area contributed by atoms with Crippen molar-refractivity contribution < 1.29 is 9.90 Å². The zero-order valence-electron chi connectivity index (χ0n) is 16.9. The summed E-state index contributed by atoms with van der Waals surface area (Å²) in [5.74, 6) is 0.339. The molecular weight excluding hydrogens is 356 g/mol. The molecule has 1 unspecified atom stereocenters. The van der Waals surface area contributed by atoms with Crippen LogP contribution in [0.4, 0.5) is 0 Å². The van der Waals surface area contributed by atoms with Gasteiger partial charge in [0.25, 0.3) is 0 Å². The molecule has 0 spiro atoms. The molecular formula is C22H28N2O2S. The molecule has 4 nitrogen and oxygen atoms in total. The Labute approximate surface area is 166 Å². The molecule has 1 aliphatic rings. The van der Waals surface area contributed by atoms with Crippen molar-refractivity contribution in [2.24, 2.45) is 0 Å². The quantitative estimate of drug-likeness (QED) is 0.591. The fraction of sp³-hybridized carbons (Fsp3) is 0.455. The van der Waals surface area contributed by atoms with E-state index in [1.165, 1.54) is 11.8 Å². The summed E-state index contributed by atoms with van der Waals surface area (Å²) in [6, 6.07) is 5.62. The highest BCUT2D eigenvalue weighted by atomic mass is 32.2. The second-order valence-corrected chi connectivity index (χ2v) is 9.80. The lowest BCUT2D eigenvalue weighted by Gasteiger charge is -2.30. The Morgan fingerprint density at radius 1 is 1.19 bits per heavy atom. The zero-order valence-corrected chi connectivity index (χ0v) is 17.7. The fourth-order valence-electron chi connectivity index (χ4n) is 3.06. The molecule has 1 aromatic rings. The third-order valence-electron chi connectivity index (χ3n) is 4.54. The number of benzene rings is 1. The number of hydrogen-bond acceptors (Lipinski definition) is 5. The highest BCUT2D eigenvalue weighted by Crippen LogP contribution is 2.41. The van der Waals surface area contributed by atoms with Gasteiger partial charge in [-0.15, -0.1) is 0 Å². The third-order valence-corrected chi connectivity index (χ3v) is 5.43. The topological polar surface area (TPSA) is 64.3 Å². The van der Waals surface area contributed by atoms with Gasteiger partial charge in [0, 0.05) is 22.2 Å². The number of nitriles is 1. The molecule has 1 N–H and O–H groups in total. The van der Waals surface area contributed by atoms with Crippen molar-refractivity contribution in [1.82, 2.24) is 4.90 Å². The van der Waals surface area contributed by atoms with Gasteiger partial charge in [0.15, 0.2) is 0 Å². The highest BCUT2D eigenvalue weighted by molar-refractivity contribution is 8.06. The molecule has 0 fully saturated rings. The normalized spacial score (nSPS) is 19.2. The summed E-state index contributed by atoms with van der Waals surface area (Å²) in [6.07, 6.45) is 4.64. The number of rotatable bonds is 3. The van der Waals surface area contributed by atoms with Crippen LogP contribution in [-0.4, -0.2) is 28.9 Å². The Morgan fingerprint density at radius 3 is 2.19 bits per heavy atom. The van der Waals surface area contributed by atoms with Crippen molar-refractivity contribution >= 4 is 24.1 Å². The average molecular weight is 385 g/mol. The van der Waals surface area contributed by atoms with E-state index in [0.717, 1.165) is 27.9 Å². The van der Waals surface area contributed by atoms with Gasteiger partial charge in [-0.25, -0.2) is 0 Å². The molecule has 1 atom stereocenters. The van der Waals surface area contributed by atoms with Crippen molar-refractivity contribution in [2.75, 3.05) is 6.54 Å². The average Bonchev–Trinajstić information content (AvgIpc) is 2.55. The smallest absolute Gasteiger partial charge is 0.147 e. The summed E-state index contributed by atoms with van der Waals surface area (Å²) in [5.41, 5.74) is 2.29. The van der Waals surface area contributed by atoms with Crippen LogP contribution >= 0.6 is 11.8 Å².